The molecule has 2 amide bonds. The highest BCUT2D eigenvalue weighted by atomic mass is 16.5. The van der Waals surface area contributed by atoms with E-state index < -0.39 is 0 Å². The summed E-state index contributed by atoms with van der Waals surface area (Å²) >= 11 is 0. The second-order valence-corrected chi connectivity index (χ2v) is 5.86. The standard InChI is InChI=1S/C17H28N4O2/c1-4-21(5-2)16-9-8-14(11-18-16)12-19-17(22)20-13(3)15-7-6-10-23-15/h8-9,11,13,15H,4-7,10,12H2,1-3H3,(H2,19,20,22)/t13-,15-/m1/s1. The Morgan fingerprint density at radius 3 is 2.78 bits per heavy atom. The van der Waals surface area contributed by atoms with Crippen molar-refractivity contribution in [2.24, 2.45) is 0 Å². The Labute approximate surface area is 138 Å². The molecule has 1 fully saturated rings. The third kappa shape index (κ3) is 5.10. The Bertz CT molecular complexity index is 482. The Balaban J connectivity index is 1.77. The van der Waals surface area contributed by atoms with E-state index in [2.05, 4.69) is 34.4 Å². The normalized spacial score (nSPS) is 18.5. The van der Waals surface area contributed by atoms with Gasteiger partial charge in [0.25, 0.3) is 0 Å². The van der Waals surface area contributed by atoms with Gasteiger partial charge in [-0.05, 0) is 45.2 Å². The van der Waals surface area contributed by atoms with Crippen molar-refractivity contribution in [2.45, 2.75) is 52.3 Å². The molecule has 2 N–H and O–H groups in total. The summed E-state index contributed by atoms with van der Waals surface area (Å²) in [6, 6.07) is 3.86. The van der Waals surface area contributed by atoms with Gasteiger partial charge in [-0.2, -0.15) is 0 Å². The first kappa shape index (κ1) is 17.5. The maximum Gasteiger partial charge on any atom is 0.315 e. The van der Waals surface area contributed by atoms with E-state index in [1.807, 2.05) is 25.3 Å². The minimum atomic E-state index is -0.166. The first-order chi connectivity index (χ1) is 11.1. The maximum atomic E-state index is 11.9. The second-order valence-electron chi connectivity index (χ2n) is 5.86. The molecule has 2 atom stereocenters. The minimum Gasteiger partial charge on any atom is -0.376 e. The SMILES string of the molecule is CCN(CC)c1ccc(CNC(=O)N[C@H](C)[C@H]2CCCO2)cn1. The lowest BCUT2D eigenvalue weighted by Gasteiger charge is -2.21. The predicted molar refractivity (Wildman–Crippen MR) is 91.6 cm³/mol. The summed E-state index contributed by atoms with van der Waals surface area (Å²) in [5.74, 6) is 0.968. The molecule has 1 aromatic rings. The molecule has 23 heavy (non-hydrogen) atoms. The number of hydrogen-bond acceptors (Lipinski definition) is 4. The molecule has 1 aromatic heterocycles. The molecule has 0 unspecified atom stereocenters. The van der Waals surface area contributed by atoms with E-state index in [1.54, 1.807) is 0 Å². The number of carbonyl (C=O) groups is 1. The van der Waals surface area contributed by atoms with Crippen LogP contribution in [0.4, 0.5) is 10.6 Å². The van der Waals surface area contributed by atoms with Gasteiger partial charge in [-0.15, -0.1) is 0 Å². The molecule has 2 rings (SSSR count). The molecule has 2 heterocycles. The molecule has 0 saturated carbocycles. The molecule has 1 aliphatic rings. The van der Waals surface area contributed by atoms with E-state index in [4.69, 9.17) is 4.74 Å². The zero-order chi connectivity index (χ0) is 16.7. The fourth-order valence-corrected chi connectivity index (χ4v) is 2.79. The van der Waals surface area contributed by atoms with Crippen molar-refractivity contribution in [3.05, 3.63) is 23.9 Å². The number of nitrogens with zero attached hydrogens (tertiary/aromatic N) is 2. The van der Waals surface area contributed by atoms with Crippen LogP contribution in [0.25, 0.3) is 0 Å². The number of aromatic nitrogens is 1. The lowest BCUT2D eigenvalue weighted by molar-refractivity contribution is 0.0860. The summed E-state index contributed by atoms with van der Waals surface area (Å²) in [5, 5.41) is 5.81. The van der Waals surface area contributed by atoms with Crippen LogP contribution in [-0.2, 0) is 11.3 Å². The van der Waals surface area contributed by atoms with E-state index in [1.165, 1.54) is 0 Å². The van der Waals surface area contributed by atoms with Crippen LogP contribution in [0.15, 0.2) is 18.3 Å². The number of hydrogen-bond donors (Lipinski definition) is 2. The average Bonchev–Trinajstić information content (AvgIpc) is 3.10. The lowest BCUT2D eigenvalue weighted by Crippen LogP contribution is -2.45. The van der Waals surface area contributed by atoms with Crippen LogP contribution in [0.5, 0.6) is 0 Å². The molecule has 6 heteroatoms. The highest BCUT2D eigenvalue weighted by molar-refractivity contribution is 5.74. The number of rotatable bonds is 7. The van der Waals surface area contributed by atoms with E-state index in [0.29, 0.717) is 6.54 Å². The Morgan fingerprint density at radius 1 is 1.43 bits per heavy atom. The number of anilines is 1. The summed E-state index contributed by atoms with van der Waals surface area (Å²) < 4.78 is 5.58. The Hall–Kier alpha value is -1.82. The van der Waals surface area contributed by atoms with E-state index >= 15 is 0 Å². The van der Waals surface area contributed by atoms with E-state index in [-0.39, 0.29) is 18.2 Å². The topological polar surface area (TPSA) is 66.5 Å². The Kier molecular flexibility index (Phi) is 6.65. The fraction of sp³-hybridized carbons (Fsp3) is 0.647. The van der Waals surface area contributed by atoms with Crippen molar-refractivity contribution in [1.29, 1.82) is 0 Å². The molecule has 128 valence electrons. The molecular weight excluding hydrogens is 292 g/mol. The fourth-order valence-electron chi connectivity index (χ4n) is 2.79. The van der Waals surface area contributed by atoms with Gasteiger partial charge >= 0.3 is 6.03 Å². The quantitative estimate of drug-likeness (QED) is 0.809. The van der Waals surface area contributed by atoms with Crippen LogP contribution in [0.2, 0.25) is 0 Å². The molecule has 1 saturated heterocycles. The summed E-state index contributed by atoms with van der Waals surface area (Å²) in [6.45, 7) is 9.34. The molecule has 0 radical (unpaired) electrons. The van der Waals surface area contributed by atoms with Crippen molar-refractivity contribution in [1.82, 2.24) is 15.6 Å². The van der Waals surface area contributed by atoms with Crippen LogP contribution < -0.4 is 15.5 Å². The number of amides is 2. The lowest BCUT2D eigenvalue weighted by atomic mass is 10.1. The maximum absolute atomic E-state index is 11.9. The van der Waals surface area contributed by atoms with Crippen molar-refractivity contribution in [3.8, 4) is 0 Å². The third-order valence-corrected chi connectivity index (χ3v) is 4.23. The van der Waals surface area contributed by atoms with Crippen molar-refractivity contribution >= 4 is 11.8 Å². The number of nitrogens with one attached hydrogen (secondary N) is 2. The van der Waals surface area contributed by atoms with Crippen LogP contribution in [-0.4, -0.2) is 42.9 Å². The number of pyridine rings is 1. The van der Waals surface area contributed by atoms with Crippen LogP contribution in [0, 0.1) is 0 Å². The average molecular weight is 320 g/mol. The number of ether oxygens (including phenoxy) is 1. The number of carbonyl (C=O) groups excluding carboxylic acids is 1. The minimum absolute atomic E-state index is 0.0284. The molecule has 0 bridgehead atoms. The van der Waals surface area contributed by atoms with Crippen molar-refractivity contribution < 1.29 is 9.53 Å². The van der Waals surface area contributed by atoms with Gasteiger partial charge < -0.3 is 20.3 Å². The van der Waals surface area contributed by atoms with Gasteiger partial charge in [0.05, 0.1) is 12.1 Å². The van der Waals surface area contributed by atoms with Crippen LogP contribution >= 0.6 is 0 Å². The summed E-state index contributed by atoms with van der Waals surface area (Å²) in [7, 11) is 0. The molecule has 0 aromatic carbocycles. The van der Waals surface area contributed by atoms with Gasteiger partial charge in [-0.25, -0.2) is 9.78 Å². The van der Waals surface area contributed by atoms with Crippen molar-refractivity contribution in [2.75, 3.05) is 24.6 Å². The smallest absolute Gasteiger partial charge is 0.315 e. The molecule has 6 nitrogen and oxygen atoms in total. The second kappa shape index (κ2) is 8.72. The first-order valence-electron chi connectivity index (χ1n) is 8.49. The first-order valence-corrected chi connectivity index (χ1v) is 8.49. The monoisotopic (exact) mass is 320 g/mol. The summed E-state index contributed by atoms with van der Waals surface area (Å²) in [4.78, 5) is 18.6. The van der Waals surface area contributed by atoms with E-state index in [9.17, 15) is 4.79 Å². The number of urea groups is 1. The predicted octanol–water partition coefficient (Wildman–Crippen LogP) is 2.29. The van der Waals surface area contributed by atoms with Crippen LogP contribution in [0.1, 0.15) is 39.2 Å². The third-order valence-electron chi connectivity index (χ3n) is 4.23. The molecule has 0 spiro atoms. The van der Waals surface area contributed by atoms with Gasteiger partial charge in [0, 0.05) is 32.4 Å². The van der Waals surface area contributed by atoms with E-state index in [0.717, 1.165) is 43.9 Å². The zero-order valence-corrected chi connectivity index (χ0v) is 14.3. The summed E-state index contributed by atoms with van der Waals surface area (Å²) in [6.07, 6.45) is 4.04. The molecule has 0 aliphatic carbocycles. The Morgan fingerprint density at radius 2 is 2.22 bits per heavy atom. The van der Waals surface area contributed by atoms with Gasteiger partial charge in [-0.1, -0.05) is 6.07 Å². The van der Waals surface area contributed by atoms with Gasteiger partial charge in [-0.3, -0.25) is 0 Å². The molecule has 1 aliphatic heterocycles. The highest BCUT2D eigenvalue weighted by Gasteiger charge is 2.23. The van der Waals surface area contributed by atoms with Gasteiger partial charge in [0.15, 0.2) is 0 Å². The van der Waals surface area contributed by atoms with Crippen LogP contribution in [0.3, 0.4) is 0 Å². The van der Waals surface area contributed by atoms with Gasteiger partial charge in [0.1, 0.15) is 5.82 Å². The summed E-state index contributed by atoms with van der Waals surface area (Å²) in [5.41, 5.74) is 0.987. The highest BCUT2D eigenvalue weighted by Crippen LogP contribution is 2.15. The van der Waals surface area contributed by atoms with Crippen molar-refractivity contribution in [3.63, 3.8) is 0 Å². The molecular formula is C17H28N4O2. The largest absolute Gasteiger partial charge is 0.376 e. The van der Waals surface area contributed by atoms with Gasteiger partial charge in [0.2, 0.25) is 0 Å². The zero-order valence-electron chi connectivity index (χ0n) is 14.3.